The predicted octanol–water partition coefficient (Wildman–Crippen LogP) is 2.39. The van der Waals surface area contributed by atoms with E-state index in [0.717, 1.165) is 0 Å². The first-order valence-corrected chi connectivity index (χ1v) is 7.23. The maximum Gasteiger partial charge on any atom is 0.316 e. The van der Waals surface area contributed by atoms with Gasteiger partial charge in [0.25, 0.3) is 0 Å². The van der Waals surface area contributed by atoms with E-state index in [4.69, 9.17) is 0 Å². The van der Waals surface area contributed by atoms with Gasteiger partial charge in [-0.15, -0.1) is 0 Å². The summed E-state index contributed by atoms with van der Waals surface area (Å²) in [5, 5.41) is 0. The van der Waals surface area contributed by atoms with E-state index in [2.05, 4.69) is 9.47 Å². The van der Waals surface area contributed by atoms with Crippen molar-refractivity contribution in [2.75, 3.05) is 0 Å². The Morgan fingerprint density at radius 1 is 0.667 bits per heavy atom. The third-order valence-electron chi connectivity index (χ3n) is 2.63. The van der Waals surface area contributed by atoms with Gasteiger partial charge in [0, 0.05) is 12.8 Å². The average Bonchev–Trinajstić information content (AvgIpc) is 2.37. The third kappa shape index (κ3) is 9.76. The minimum Gasteiger partial charge on any atom is -0.393 e. The van der Waals surface area contributed by atoms with Crippen LogP contribution in [0.25, 0.3) is 0 Å². The lowest BCUT2D eigenvalue weighted by atomic mass is 10.1. The lowest BCUT2D eigenvalue weighted by molar-refractivity contribution is -0.163. The molecule has 0 aliphatic rings. The summed E-state index contributed by atoms with van der Waals surface area (Å²) in [5.74, 6) is -2.83. The fraction of sp³-hybridized carbons (Fsp3) is 0.733. The first kappa shape index (κ1) is 19.3. The number of esters is 4. The Kier molecular flexibility index (Phi) is 9.25. The molecular weight excluding hydrogens is 276 g/mol. The Morgan fingerprint density at radius 2 is 1.00 bits per heavy atom. The molecule has 6 heteroatoms. The molecule has 0 amide bonds. The molecule has 0 bridgehead atoms. The van der Waals surface area contributed by atoms with Gasteiger partial charge in [0.1, 0.15) is 0 Å². The molecule has 0 aromatic heterocycles. The molecule has 120 valence electrons. The number of rotatable bonds is 8. The van der Waals surface area contributed by atoms with Gasteiger partial charge in [0.15, 0.2) is 0 Å². The average molecular weight is 300 g/mol. The van der Waals surface area contributed by atoms with Crippen LogP contribution in [0, 0.1) is 11.8 Å². The van der Waals surface area contributed by atoms with Gasteiger partial charge < -0.3 is 9.47 Å². The van der Waals surface area contributed by atoms with Crippen molar-refractivity contribution in [2.24, 2.45) is 11.8 Å². The van der Waals surface area contributed by atoms with Gasteiger partial charge in [-0.1, -0.05) is 34.1 Å². The van der Waals surface area contributed by atoms with Crippen molar-refractivity contribution in [3.05, 3.63) is 0 Å². The maximum absolute atomic E-state index is 11.3. The summed E-state index contributed by atoms with van der Waals surface area (Å²) >= 11 is 0. The maximum atomic E-state index is 11.3. The molecule has 0 atom stereocenters. The molecule has 21 heavy (non-hydrogen) atoms. The van der Waals surface area contributed by atoms with Crippen LogP contribution in [0.2, 0.25) is 0 Å². The number of hydrogen-bond donors (Lipinski definition) is 0. The number of ether oxygens (including phenoxy) is 2. The van der Waals surface area contributed by atoms with E-state index in [1.807, 2.05) is 0 Å². The van der Waals surface area contributed by atoms with E-state index < -0.39 is 23.9 Å². The summed E-state index contributed by atoms with van der Waals surface area (Å²) < 4.78 is 9.21. The highest BCUT2D eigenvalue weighted by molar-refractivity contribution is 5.86. The second-order valence-corrected chi connectivity index (χ2v) is 5.46. The van der Waals surface area contributed by atoms with Crippen LogP contribution in [0.5, 0.6) is 0 Å². The van der Waals surface area contributed by atoms with E-state index in [1.165, 1.54) is 0 Å². The molecule has 0 radical (unpaired) electrons. The Balaban J connectivity index is 3.68. The number of carbonyl (C=O) groups excluding carboxylic acids is 4. The van der Waals surface area contributed by atoms with E-state index in [9.17, 15) is 19.2 Å². The normalized spacial score (nSPS) is 10.6. The second kappa shape index (κ2) is 10.1. The number of carbonyl (C=O) groups is 4. The molecule has 0 N–H and O–H groups in total. The van der Waals surface area contributed by atoms with Crippen molar-refractivity contribution in [1.82, 2.24) is 0 Å². The Morgan fingerprint density at radius 3 is 1.29 bits per heavy atom. The molecule has 0 aromatic carbocycles. The van der Waals surface area contributed by atoms with Gasteiger partial charge in [-0.05, 0) is 12.8 Å². The topological polar surface area (TPSA) is 86.7 Å². The highest BCUT2D eigenvalue weighted by Crippen LogP contribution is 2.07. The van der Waals surface area contributed by atoms with Gasteiger partial charge in [-0.3, -0.25) is 19.2 Å². The van der Waals surface area contributed by atoms with Gasteiger partial charge in [-0.25, -0.2) is 0 Å². The quantitative estimate of drug-likeness (QED) is 0.388. The minimum absolute atomic E-state index is 0.137. The fourth-order valence-corrected chi connectivity index (χ4v) is 1.28. The molecule has 0 fully saturated rings. The van der Waals surface area contributed by atoms with Crippen molar-refractivity contribution in [3.8, 4) is 0 Å². The summed E-state index contributed by atoms with van der Waals surface area (Å²) in [7, 11) is 0. The molecule has 0 aromatic rings. The van der Waals surface area contributed by atoms with Crippen molar-refractivity contribution in [1.29, 1.82) is 0 Å². The van der Waals surface area contributed by atoms with Crippen LogP contribution in [-0.2, 0) is 28.7 Å². The van der Waals surface area contributed by atoms with Crippen LogP contribution >= 0.6 is 0 Å². The van der Waals surface area contributed by atoms with Crippen LogP contribution in [0.4, 0.5) is 0 Å². The first-order chi connectivity index (χ1) is 9.73. The summed E-state index contributed by atoms with van der Waals surface area (Å²) in [4.78, 5) is 44.9. The standard InChI is InChI=1S/C15H24O6/c1-10(2)14(18)20-12(16)8-6-5-7-9-13(17)21-15(19)11(3)4/h10-11H,5-9H2,1-4H3. The van der Waals surface area contributed by atoms with E-state index in [1.54, 1.807) is 27.7 Å². The largest absolute Gasteiger partial charge is 0.393 e. The molecule has 0 saturated carbocycles. The number of unbranched alkanes of at least 4 members (excludes halogenated alkanes) is 2. The van der Waals surface area contributed by atoms with Crippen LogP contribution < -0.4 is 0 Å². The lowest BCUT2D eigenvalue weighted by Crippen LogP contribution is -2.17. The molecule has 0 rings (SSSR count). The van der Waals surface area contributed by atoms with Crippen LogP contribution in [0.1, 0.15) is 59.8 Å². The van der Waals surface area contributed by atoms with Crippen LogP contribution in [0.15, 0.2) is 0 Å². The van der Waals surface area contributed by atoms with E-state index >= 15 is 0 Å². The SMILES string of the molecule is CC(C)C(=O)OC(=O)CCCCCC(=O)OC(=O)C(C)C. The minimum atomic E-state index is -0.550. The molecule has 0 saturated heterocycles. The Labute approximate surface area is 125 Å². The number of hydrogen-bond acceptors (Lipinski definition) is 6. The van der Waals surface area contributed by atoms with Crippen molar-refractivity contribution in [2.45, 2.75) is 59.8 Å². The molecule has 0 heterocycles. The lowest BCUT2D eigenvalue weighted by Gasteiger charge is -2.06. The summed E-state index contributed by atoms with van der Waals surface area (Å²) in [6.45, 7) is 6.61. The summed E-state index contributed by atoms with van der Waals surface area (Å²) in [6, 6.07) is 0. The highest BCUT2D eigenvalue weighted by atomic mass is 16.6. The van der Waals surface area contributed by atoms with Gasteiger partial charge >= 0.3 is 23.9 Å². The molecule has 0 unspecified atom stereocenters. The summed E-state index contributed by atoms with van der Waals surface area (Å²) in [5.41, 5.74) is 0. The Bertz CT molecular complexity index is 348. The Hall–Kier alpha value is -1.72. The van der Waals surface area contributed by atoms with Crippen LogP contribution in [-0.4, -0.2) is 23.9 Å². The third-order valence-corrected chi connectivity index (χ3v) is 2.63. The van der Waals surface area contributed by atoms with Crippen molar-refractivity contribution in [3.63, 3.8) is 0 Å². The second-order valence-electron chi connectivity index (χ2n) is 5.46. The van der Waals surface area contributed by atoms with Gasteiger partial charge in [0.05, 0.1) is 11.8 Å². The first-order valence-electron chi connectivity index (χ1n) is 7.23. The van der Waals surface area contributed by atoms with E-state index in [-0.39, 0.29) is 24.7 Å². The zero-order valence-electron chi connectivity index (χ0n) is 13.1. The zero-order valence-corrected chi connectivity index (χ0v) is 13.1. The predicted molar refractivity (Wildman–Crippen MR) is 75.0 cm³/mol. The molecule has 6 nitrogen and oxygen atoms in total. The monoisotopic (exact) mass is 300 g/mol. The molecule has 0 aliphatic heterocycles. The molecule has 0 aliphatic carbocycles. The fourth-order valence-electron chi connectivity index (χ4n) is 1.28. The van der Waals surface area contributed by atoms with E-state index in [0.29, 0.717) is 19.3 Å². The molecular formula is C15H24O6. The van der Waals surface area contributed by atoms with Crippen molar-refractivity contribution < 1.29 is 28.7 Å². The smallest absolute Gasteiger partial charge is 0.316 e. The zero-order chi connectivity index (χ0) is 16.4. The van der Waals surface area contributed by atoms with Crippen molar-refractivity contribution >= 4 is 23.9 Å². The summed E-state index contributed by atoms with van der Waals surface area (Å²) in [6.07, 6.45) is 1.94. The molecule has 0 spiro atoms. The van der Waals surface area contributed by atoms with Gasteiger partial charge in [-0.2, -0.15) is 0 Å². The highest BCUT2D eigenvalue weighted by Gasteiger charge is 2.15. The van der Waals surface area contributed by atoms with Gasteiger partial charge in [0.2, 0.25) is 0 Å². The van der Waals surface area contributed by atoms with Crippen LogP contribution in [0.3, 0.4) is 0 Å².